The van der Waals surface area contributed by atoms with E-state index in [1.54, 1.807) is 6.92 Å². The molecule has 0 aromatic heterocycles. The Bertz CT molecular complexity index is 646. The van der Waals surface area contributed by atoms with Crippen molar-refractivity contribution in [3.05, 3.63) is 33.3 Å². The summed E-state index contributed by atoms with van der Waals surface area (Å²) in [5.41, 5.74) is -0.446. The summed E-state index contributed by atoms with van der Waals surface area (Å²) in [6, 6.07) is 3.32. The van der Waals surface area contributed by atoms with E-state index in [1.807, 2.05) is 0 Å². The smallest absolute Gasteiger partial charge is 0.258 e. The van der Waals surface area contributed by atoms with Gasteiger partial charge in [0.15, 0.2) is 0 Å². The highest BCUT2D eigenvalue weighted by atomic mass is 35.5. The molecule has 8 heteroatoms. The molecule has 1 N–H and O–H groups in total. The second kappa shape index (κ2) is 6.52. The Labute approximate surface area is 116 Å². The zero-order valence-electron chi connectivity index (χ0n) is 10.0. The number of benzene rings is 1. The second-order valence-electron chi connectivity index (χ2n) is 3.44. The van der Waals surface area contributed by atoms with Crippen molar-refractivity contribution in [1.29, 1.82) is 0 Å². The molecule has 0 fully saturated rings. The van der Waals surface area contributed by atoms with Crippen molar-refractivity contribution in [3.8, 4) is 11.8 Å². The van der Waals surface area contributed by atoms with Crippen LogP contribution in [0.3, 0.4) is 0 Å². The number of hydrogen-bond acceptors (Lipinski definition) is 4. The molecule has 0 aliphatic rings. The lowest BCUT2D eigenvalue weighted by atomic mass is 10.3. The summed E-state index contributed by atoms with van der Waals surface area (Å²) in [4.78, 5) is 9.75. The quantitative estimate of drug-likeness (QED) is 0.389. The van der Waals surface area contributed by atoms with Gasteiger partial charge in [-0.1, -0.05) is 11.6 Å². The van der Waals surface area contributed by atoms with Crippen LogP contribution in [0, 0.1) is 22.0 Å². The van der Waals surface area contributed by atoms with E-state index in [1.165, 1.54) is 12.1 Å². The fourth-order valence-corrected chi connectivity index (χ4v) is 2.49. The molecule has 0 amide bonds. The molecule has 0 saturated heterocycles. The predicted molar refractivity (Wildman–Crippen MR) is 71.4 cm³/mol. The summed E-state index contributed by atoms with van der Waals surface area (Å²) in [6.45, 7) is 1.79. The van der Waals surface area contributed by atoms with Gasteiger partial charge in [-0.25, -0.2) is 13.1 Å². The maximum Gasteiger partial charge on any atom is 0.289 e. The molecule has 0 aliphatic carbocycles. The topological polar surface area (TPSA) is 89.3 Å². The molecule has 0 unspecified atom stereocenters. The molecular weight excluding hydrogens is 292 g/mol. The van der Waals surface area contributed by atoms with Gasteiger partial charge in [-0.15, -0.1) is 11.8 Å². The number of rotatable bonds is 5. The largest absolute Gasteiger partial charge is 0.289 e. The van der Waals surface area contributed by atoms with Crippen LogP contribution in [-0.2, 0) is 10.0 Å². The average molecular weight is 303 g/mol. The van der Waals surface area contributed by atoms with E-state index in [9.17, 15) is 18.5 Å². The molecule has 0 atom stereocenters. The molecule has 6 nitrogen and oxygen atoms in total. The van der Waals surface area contributed by atoms with Gasteiger partial charge in [0.2, 0.25) is 10.0 Å². The standard InChI is InChI=1S/C11H11ClN2O4S/c1-2-3-4-7-13-19(17,18)9-5-6-10(12)11(8-9)14(15)16/h5-6,8,13H,4,7H2,1H3. The summed E-state index contributed by atoms with van der Waals surface area (Å²) in [6.07, 6.45) is 0.366. The van der Waals surface area contributed by atoms with Crippen molar-refractivity contribution in [1.82, 2.24) is 4.72 Å². The maximum absolute atomic E-state index is 11.9. The van der Waals surface area contributed by atoms with Crippen LogP contribution in [0.2, 0.25) is 5.02 Å². The molecule has 102 valence electrons. The fraction of sp³-hybridized carbons (Fsp3) is 0.273. The monoisotopic (exact) mass is 302 g/mol. The summed E-state index contributed by atoms with van der Waals surface area (Å²) in [5.74, 6) is 5.34. The Kier molecular flexibility index (Phi) is 5.30. The third-order valence-electron chi connectivity index (χ3n) is 2.14. The molecule has 0 heterocycles. The van der Waals surface area contributed by atoms with E-state index in [2.05, 4.69) is 16.6 Å². The van der Waals surface area contributed by atoms with Crippen LogP contribution in [-0.4, -0.2) is 19.9 Å². The van der Waals surface area contributed by atoms with E-state index in [-0.39, 0.29) is 16.5 Å². The Morgan fingerprint density at radius 2 is 2.16 bits per heavy atom. The zero-order chi connectivity index (χ0) is 14.5. The number of nitro groups is 1. The molecule has 1 rings (SSSR count). The van der Waals surface area contributed by atoms with Crippen molar-refractivity contribution >= 4 is 27.3 Å². The number of halogens is 1. The summed E-state index contributed by atoms with van der Waals surface area (Å²) in [5, 5.41) is 10.6. The van der Waals surface area contributed by atoms with Gasteiger partial charge in [-0.2, -0.15) is 0 Å². The van der Waals surface area contributed by atoms with Crippen molar-refractivity contribution < 1.29 is 13.3 Å². The third-order valence-corrected chi connectivity index (χ3v) is 3.92. The minimum atomic E-state index is -3.79. The van der Waals surface area contributed by atoms with Crippen LogP contribution < -0.4 is 4.72 Å². The predicted octanol–water partition coefficient (Wildman–Crippen LogP) is 1.94. The molecule has 0 bridgehead atoms. The van der Waals surface area contributed by atoms with E-state index in [4.69, 9.17) is 11.6 Å². The van der Waals surface area contributed by atoms with Gasteiger partial charge in [0, 0.05) is 19.0 Å². The maximum atomic E-state index is 11.9. The van der Waals surface area contributed by atoms with Gasteiger partial charge in [0.05, 0.1) is 9.82 Å². The number of nitrogens with one attached hydrogen (secondary N) is 1. The highest BCUT2D eigenvalue weighted by Crippen LogP contribution is 2.26. The Hall–Kier alpha value is -1.62. The molecule has 1 aromatic carbocycles. The first-order valence-corrected chi connectivity index (χ1v) is 7.08. The van der Waals surface area contributed by atoms with Crippen molar-refractivity contribution in [2.75, 3.05) is 6.54 Å². The Balaban J connectivity index is 2.97. The van der Waals surface area contributed by atoms with Gasteiger partial charge >= 0.3 is 0 Å². The first-order chi connectivity index (χ1) is 8.88. The number of nitrogens with zero attached hydrogens (tertiary/aromatic N) is 1. The minimum Gasteiger partial charge on any atom is -0.258 e. The molecule has 0 spiro atoms. The highest BCUT2D eigenvalue weighted by Gasteiger charge is 2.19. The lowest BCUT2D eigenvalue weighted by Crippen LogP contribution is -2.24. The third kappa shape index (κ3) is 4.21. The van der Waals surface area contributed by atoms with Gasteiger partial charge < -0.3 is 0 Å². The van der Waals surface area contributed by atoms with Crippen LogP contribution in [0.15, 0.2) is 23.1 Å². The normalized spacial score (nSPS) is 10.6. The first kappa shape index (κ1) is 15.4. The first-order valence-electron chi connectivity index (χ1n) is 5.21. The van der Waals surface area contributed by atoms with Gasteiger partial charge in [0.1, 0.15) is 5.02 Å². The highest BCUT2D eigenvalue weighted by molar-refractivity contribution is 7.89. The van der Waals surface area contributed by atoms with Crippen molar-refractivity contribution in [2.24, 2.45) is 0 Å². The number of hydrogen-bond donors (Lipinski definition) is 1. The fourth-order valence-electron chi connectivity index (χ4n) is 1.26. The molecule has 0 aliphatic heterocycles. The van der Waals surface area contributed by atoms with E-state index in [0.29, 0.717) is 6.42 Å². The summed E-state index contributed by atoms with van der Waals surface area (Å²) >= 11 is 5.61. The Morgan fingerprint density at radius 3 is 2.74 bits per heavy atom. The summed E-state index contributed by atoms with van der Waals surface area (Å²) in [7, 11) is -3.79. The Morgan fingerprint density at radius 1 is 1.47 bits per heavy atom. The van der Waals surface area contributed by atoms with Gasteiger partial charge in [-0.05, 0) is 19.1 Å². The molecule has 0 radical (unpaired) electrons. The number of sulfonamides is 1. The summed E-state index contributed by atoms with van der Waals surface area (Å²) < 4.78 is 26.0. The van der Waals surface area contributed by atoms with Crippen LogP contribution >= 0.6 is 11.6 Å². The molecule has 0 saturated carbocycles. The van der Waals surface area contributed by atoms with Crippen LogP contribution in [0.5, 0.6) is 0 Å². The lowest BCUT2D eigenvalue weighted by molar-refractivity contribution is -0.384. The average Bonchev–Trinajstić information content (AvgIpc) is 2.34. The van der Waals surface area contributed by atoms with E-state index >= 15 is 0 Å². The molecule has 1 aromatic rings. The van der Waals surface area contributed by atoms with Gasteiger partial charge in [-0.3, -0.25) is 10.1 Å². The van der Waals surface area contributed by atoms with Crippen LogP contribution in [0.4, 0.5) is 5.69 Å². The second-order valence-corrected chi connectivity index (χ2v) is 5.62. The number of nitro benzene ring substituents is 1. The van der Waals surface area contributed by atoms with Gasteiger partial charge in [0.25, 0.3) is 5.69 Å². The zero-order valence-corrected chi connectivity index (χ0v) is 11.6. The van der Waals surface area contributed by atoms with Crippen molar-refractivity contribution in [3.63, 3.8) is 0 Å². The van der Waals surface area contributed by atoms with Crippen molar-refractivity contribution in [2.45, 2.75) is 18.2 Å². The molecule has 19 heavy (non-hydrogen) atoms. The van der Waals surface area contributed by atoms with Crippen LogP contribution in [0.25, 0.3) is 0 Å². The molecular formula is C11H11ClN2O4S. The minimum absolute atomic E-state index is 0.110. The van der Waals surface area contributed by atoms with Crippen LogP contribution in [0.1, 0.15) is 13.3 Å². The van der Waals surface area contributed by atoms with E-state index in [0.717, 1.165) is 6.07 Å². The SMILES string of the molecule is CC#CCCNS(=O)(=O)c1ccc(Cl)c([N+](=O)[O-])c1. The van der Waals surface area contributed by atoms with E-state index < -0.39 is 20.6 Å². The lowest BCUT2D eigenvalue weighted by Gasteiger charge is -2.05.